The fourth-order valence-corrected chi connectivity index (χ4v) is 2.33. The van der Waals surface area contributed by atoms with E-state index in [1.165, 1.54) is 25.3 Å². The third kappa shape index (κ3) is 7.66. The van der Waals surface area contributed by atoms with Crippen LogP contribution in [-0.2, 0) is 14.3 Å². The molecule has 0 aliphatic rings. The van der Waals surface area contributed by atoms with Crippen molar-refractivity contribution < 1.29 is 18.7 Å². The van der Waals surface area contributed by atoms with Gasteiger partial charge in [0, 0.05) is 5.69 Å². The SMILES string of the molecule is CCCCC(NC(=O)CNC(=S)Nc1ccc(F)c(Cl)c1)C(=O)OC. The molecule has 0 aliphatic heterocycles. The van der Waals surface area contributed by atoms with E-state index in [4.69, 9.17) is 23.8 Å². The summed E-state index contributed by atoms with van der Waals surface area (Å²) >= 11 is 10.7. The van der Waals surface area contributed by atoms with Gasteiger partial charge in [-0.25, -0.2) is 9.18 Å². The zero-order chi connectivity index (χ0) is 18.8. The van der Waals surface area contributed by atoms with Gasteiger partial charge in [-0.15, -0.1) is 0 Å². The van der Waals surface area contributed by atoms with E-state index in [1.807, 2.05) is 6.92 Å². The molecular formula is C16H21ClFN3O3S. The Bertz CT molecular complexity index is 631. The molecule has 0 aromatic heterocycles. The molecule has 1 unspecified atom stereocenters. The molecule has 9 heteroatoms. The Balaban J connectivity index is 2.46. The standard InChI is InChI=1S/C16H21ClFN3O3S/c1-3-4-5-13(15(23)24-2)21-14(22)9-19-16(25)20-10-6-7-12(18)11(17)8-10/h6-8,13H,3-5,9H2,1-2H3,(H,21,22)(H2,19,20,25). The first-order valence-corrected chi connectivity index (χ1v) is 8.53. The Labute approximate surface area is 156 Å². The normalized spacial score (nSPS) is 11.4. The maximum absolute atomic E-state index is 13.1. The van der Waals surface area contributed by atoms with Crippen molar-refractivity contribution in [3.05, 3.63) is 29.0 Å². The molecule has 138 valence electrons. The Morgan fingerprint density at radius 3 is 2.72 bits per heavy atom. The highest BCUT2D eigenvalue weighted by Gasteiger charge is 2.20. The number of hydrogen-bond donors (Lipinski definition) is 3. The van der Waals surface area contributed by atoms with Gasteiger partial charge in [0.15, 0.2) is 5.11 Å². The second kappa shape index (κ2) is 10.8. The summed E-state index contributed by atoms with van der Waals surface area (Å²) in [4.78, 5) is 23.6. The number of unbranched alkanes of at least 4 members (excludes halogenated alkanes) is 1. The number of ether oxygens (including phenoxy) is 1. The Morgan fingerprint density at radius 2 is 2.12 bits per heavy atom. The first kappa shape index (κ1) is 21.1. The highest BCUT2D eigenvalue weighted by atomic mass is 35.5. The molecule has 6 nitrogen and oxygen atoms in total. The van der Waals surface area contributed by atoms with Crippen molar-refractivity contribution >= 4 is 46.5 Å². The third-order valence-corrected chi connectivity index (χ3v) is 3.79. The summed E-state index contributed by atoms with van der Waals surface area (Å²) in [6, 6.07) is 3.36. The summed E-state index contributed by atoms with van der Waals surface area (Å²) in [5, 5.41) is 8.22. The number of methoxy groups -OCH3 is 1. The zero-order valence-electron chi connectivity index (χ0n) is 14.0. The molecule has 0 saturated heterocycles. The van der Waals surface area contributed by atoms with Crippen LogP contribution in [0, 0.1) is 5.82 Å². The number of benzene rings is 1. The summed E-state index contributed by atoms with van der Waals surface area (Å²) in [6.45, 7) is 1.86. The number of rotatable bonds is 8. The first-order valence-electron chi connectivity index (χ1n) is 7.74. The number of nitrogens with one attached hydrogen (secondary N) is 3. The van der Waals surface area contributed by atoms with Gasteiger partial charge in [-0.3, -0.25) is 4.79 Å². The van der Waals surface area contributed by atoms with Crippen molar-refractivity contribution in [2.75, 3.05) is 19.0 Å². The van der Waals surface area contributed by atoms with E-state index in [0.29, 0.717) is 12.1 Å². The lowest BCUT2D eigenvalue weighted by Crippen LogP contribution is -2.46. The second-order valence-electron chi connectivity index (χ2n) is 5.22. The number of carbonyl (C=O) groups excluding carboxylic acids is 2. The number of anilines is 1. The summed E-state index contributed by atoms with van der Waals surface area (Å²) < 4.78 is 17.8. The van der Waals surface area contributed by atoms with E-state index in [9.17, 15) is 14.0 Å². The molecule has 0 spiro atoms. The van der Waals surface area contributed by atoms with Crippen LogP contribution in [0.15, 0.2) is 18.2 Å². The van der Waals surface area contributed by atoms with Crippen molar-refractivity contribution in [3.8, 4) is 0 Å². The molecule has 0 aliphatic carbocycles. The van der Waals surface area contributed by atoms with Crippen LogP contribution >= 0.6 is 23.8 Å². The summed E-state index contributed by atoms with van der Waals surface area (Å²) in [6.07, 6.45) is 2.19. The summed E-state index contributed by atoms with van der Waals surface area (Å²) in [7, 11) is 1.28. The number of thiocarbonyl (C=S) groups is 1. The molecule has 0 bridgehead atoms. The minimum absolute atomic E-state index is 0.0395. The smallest absolute Gasteiger partial charge is 0.328 e. The molecule has 0 heterocycles. The molecule has 1 aromatic carbocycles. The maximum Gasteiger partial charge on any atom is 0.328 e. The molecule has 0 fully saturated rings. The van der Waals surface area contributed by atoms with Crippen molar-refractivity contribution in [1.82, 2.24) is 10.6 Å². The number of halogens is 2. The minimum atomic E-state index is -0.684. The van der Waals surface area contributed by atoms with E-state index in [-0.39, 0.29) is 16.7 Å². The number of esters is 1. The number of amides is 1. The van der Waals surface area contributed by atoms with Crippen LogP contribution in [0.2, 0.25) is 5.02 Å². The molecule has 0 radical (unpaired) electrons. The molecule has 0 saturated carbocycles. The van der Waals surface area contributed by atoms with E-state index in [0.717, 1.165) is 12.8 Å². The lowest BCUT2D eigenvalue weighted by molar-refractivity contribution is -0.145. The van der Waals surface area contributed by atoms with Gasteiger partial charge in [-0.2, -0.15) is 0 Å². The number of carbonyl (C=O) groups is 2. The zero-order valence-corrected chi connectivity index (χ0v) is 15.6. The fraction of sp³-hybridized carbons (Fsp3) is 0.438. The second-order valence-corrected chi connectivity index (χ2v) is 6.04. The molecular weight excluding hydrogens is 369 g/mol. The van der Waals surface area contributed by atoms with Gasteiger partial charge < -0.3 is 20.7 Å². The average Bonchev–Trinajstić information content (AvgIpc) is 2.59. The van der Waals surface area contributed by atoms with Crippen molar-refractivity contribution in [1.29, 1.82) is 0 Å². The molecule has 1 aromatic rings. The van der Waals surface area contributed by atoms with E-state index in [2.05, 4.69) is 20.7 Å². The maximum atomic E-state index is 13.1. The Kier molecular flexibility index (Phi) is 9.15. The van der Waals surface area contributed by atoms with E-state index >= 15 is 0 Å². The quantitative estimate of drug-likeness (QED) is 0.468. The van der Waals surface area contributed by atoms with Crippen LogP contribution < -0.4 is 16.0 Å². The Hall–Kier alpha value is -1.93. The van der Waals surface area contributed by atoms with Crippen molar-refractivity contribution in [2.45, 2.75) is 32.2 Å². The van der Waals surface area contributed by atoms with Crippen LogP contribution in [0.4, 0.5) is 10.1 Å². The molecule has 1 atom stereocenters. The fourth-order valence-electron chi connectivity index (χ4n) is 1.95. The van der Waals surface area contributed by atoms with Gasteiger partial charge in [0.1, 0.15) is 11.9 Å². The van der Waals surface area contributed by atoms with Gasteiger partial charge in [0.2, 0.25) is 5.91 Å². The Morgan fingerprint density at radius 1 is 1.40 bits per heavy atom. The molecule has 3 N–H and O–H groups in total. The van der Waals surface area contributed by atoms with E-state index < -0.39 is 23.7 Å². The third-order valence-electron chi connectivity index (χ3n) is 3.25. The van der Waals surface area contributed by atoms with E-state index in [1.54, 1.807) is 0 Å². The van der Waals surface area contributed by atoms with Gasteiger partial charge in [-0.05, 0) is 36.8 Å². The van der Waals surface area contributed by atoms with Crippen molar-refractivity contribution in [3.63, 3.8) is 0 Å². The highest BCUT2D eigenvalue weighted by Crippen LogP contribution is 2.19. The largest absolute Gasteiger partial charge is 0.467 e. The molecule has 1 rings (SSSR count). The predicted octanol–water partition coefficient (Wildman–Crippen LogP) is 2.61. The topological polar surface area (TPSA) is 79.5 Å². The molecule has 1 amide bonds. The van der Waals surface area contributed by atoms with Crippen LogP contribution in [0.1, 0.15) is 26.2 Å². The monoisotopic (exact) mass is 389 g/mol. The lowest BCUT2D eigenvalue weighted by Gasteiger charge is -2.17. The van der Waals surface area contributed by atoms with Crippen LogP contribution in [0.3, 0.4) is 0 Å². The van der Waals surface area contributed by atoms with Crippen LogP contribution in [0.5, 0.6) is 0 Å². The molecule has 25 heavy (non-hydrogen) atoms. The van der Waals surface area contributed by atoms with Gasteiger partial charge in [0.05, 0.1) is 18.7 Å². The summed E-state index contributed by atoms with van der Waals surface area (Å²) in [5.74, 6) is -1.41. The first-order chi connectivity index (χ1) is 11.9. The average molecular weight is 390 g/mol. The number of hydrogen-bond acceptors (Lipinski definition) is 4. The minimum Gasteiger partial charge on any atom is -0.467 e. The van der Waals surface area contributed by atoms with Crippen LogP contribution in [0.25, 0.3) is 0 Å². The van der Waals surface area contributed by atoms with Crippen LogP contribution in [-0.4, -0.2) is 36.7 Å². The van der Waals surface area contributed by atoms with Gasteiger partial charge in [0.25, 0.3) is 0 Å². The van der Waals surface area contributed by atoms with Gasteiger partial charge in [-0.1, -0.05) is 31.4 Å². The predicted molar refractivity (Wildman–Crippen MR) is 99.1 cm³/mol. The lowest BCUT2D eigenvalue weighted by atomic mass is 10.1. The van der Waals surface area contributed by atoms with Gasteiger partial charge >= 0.3 is 5.97 Å². The van der Waals surface area contributed by atoms with Crippen molar-refractivity contribution in [2.24, 2.45) is 0 Å². The summed E-state index contributed by atoms with van der Waals surface area (Å²) in [5.41, 5.74) is 0.486. The highest BCUT2D eigenvalue weighted by molar-refractivity contribution is 7.80.